The van der Waals surface area contributed by atoms with Gasteiger partial charge in [-0.1, -0.05) is 13.8 Å². The van der Waals surface area contributed by atoms with Crippen molar-refractivity contribution in [3.63, 3.8) is 0 Å². The van der Waals surface area contributed by atoms with Crippen molar-refractivity contribution in [2.75, 3.05) is 13.2 Å². The monoisotopic (exact) mass is 266 g/mol. The molecule has 0 saturated carbocycles. The summed E-state index contributed by atoms with van der Waals surface area (Å²) >= 11 is 0. The normalized spacial score (nSPS) is 11.2. The molecule has 0 atom stereocenters. The van der Waals surface area contributed by atoms with E-state index in [0.717, 1.165) is 12.8 Å². The molecule has 106 valence electrons. The van der Waals surface area contributed by atoms with Gasteiger partial charge in [0.25, 0.3) is 0 Å². The van der Waals surface area contributed by atoms with Gasteiger partial charge in [-0.2, -0.15) is 0 Å². The van der Waals surface area contributed by atoms with Gasteiger partial charge in [0.05, 0.1) is 12.2 Å². The minimum atomic E-state index is -0.378. The number of carbonyl (C=O) groups is 1. The van der Waals surface area contributed by atoms with E-state index in [-0.39, 0.29) is 11.5 Å². The summed E-state index contributed by atoms with van der Waals surface area (Å²) in [4.78, 5) is 15.5. The molecule has 0 spiro atoms. The van der Waals surface area contributed by atoms with E-state index in [1.807, 2.05) is 13.8 Å². The molecule has 0 aliphatic rings. The molecule has 1 aromatic rings. The van der Waals surface area contributed by atoms with Gasteiger partial charge in [-0.25, -0.2) is 9.78 Å². The lowest BCUT2D eigenvalue weighted by Gasteiger charge is -2.26. The van der Waals surface area contributed by atoms with Crippen LogP contribution in [0.25, 0.3) is 0 Å². The third-order valence-corrected chi connectivity index (χ3v) is 3.16. The number of pyridine rings is 1. The molecule has 0 unspecified atom stereocenters. The van der Waals surface area contributed by atoms with Crippen LogP contribution in [0.4, 0.5) is 0 Å². The zero-order valence-corrected chi connectivity index (χ0v) is 11.8. The van der Waals surface area contributed by atoms with E-state index in [4.69, 9.17) is 15.2 Å². The highest BCUT2D eigenvalue weighted by molar-refractivity contribution is 5.89. The summed E-state index contributed by atoms with van der Waals surface area (Å²) in [6, 6.07) is 3.29. The first-order chi connectivity index (χ1) is 9.04. The number of hydrogen-bond donors (Lipinski definition) is 1. The van der Waals surface area contributed by atoms with Crippen LogP contribution in [0.2, 0.25) is 0 Å². The van der Waals surface area contributed by atoms with E-state index in [1.54, 1.807) is 19.1 Å². The summed E-state index contributed by atoms with van der Waals surface area (Å²) in [5.74, 6) is 0.0848. The minimum absolute atomic E-state index is 0.332. The molecule has 0 aliphatic carbocycles. The van der Waals surface area contributed by atoms with Crippen LogP contribution in [0.15, 0.2) is 18.3 Å². The smallest absolute Gasteiger partial charge is 0.339 e. The largest absolute Gasteiger partial charge is 0.476 e. The molecule has 1 heterocycles. The van der Waals surface area contributed by atoms with Gasteiger partial charge in [-0.15, -0.1) is 0 Å². The van der Waals surface area contributed by atoms with Crippen LogP contribution in [0.5, 0.6) is 5.88 Å². The van der Waals surface area contributed by atoms with Gasteiger partial charge in [0.1, 0.15) is 6.61 Å². The highest BCUT2D eigenvalue weighted by Crippen LogP contribution is 2.15. The Morgan fingerprint density at radius 1 is 1.32 bits per heavy atom. The maximum atomic E-state index is 11.4. The summed E-state index contributed by atoms with van der Waals surface area (Å²) in [5, 5.41) is 0. The highest BCUT2D eigenvalue weighted by atomic mass is 16.5. The molecule has 5 nitrogen and oxygen atoms in total. The molecular formula is C14H22N2O3. The molecule has 19 heavy (non-hydrogen) atoms. The topological polar surface area (TPSA) is 74.4 Å². The number of hydrogen-bond acceptors (Lipinski definition) is 5. The number of carbonyl (C=O) groups excluding carboxylic acids is 1. The van der Waals surface area contributed by atoms with E-state index >= 15 is 0 Å². The highest BCUT2D eigenvalue weighted by Gasteiger charge is 2.21. The third-order valence-electron chi connectivity index (χ3n) is 3.16. The Labute approximate surface area is 114 Å². The van der Waals surface area contributed by atoms with E-state index in [0.29, 0.717) is 24.7 Å². The molecule has 1 aromatic heterocycles. The molecule has 0 saturated heterocycles. The summed E-state index contributed by atoms with van der Waals surface area (Å²) in [5.41, 5.74) is 6.22. The van der Waals surface area contributed by atoms with E-state index in [2.05, 4.69) is 4.98 Å². The van der Waals surface area contributed by atoms with Crippen molar-refractivity contribution in [2.24, 2.45) is 5.73 Å². The zero-order chi connectivity index (χ0) is 14.3. The predicted octanol–water partition coefficient (Wildman–Crippen LogP) is 2.15. The Kier molecular flexibility index (Phi) is 5.76. The fourth-order valence-corrected chi connectivity index (χ4v) is 1.47. The maximum Gasteiger partial charge on any atom is 0.339 e. The van der Waals surface area contributed by atoms with Crippen molar-refractivity contribution in [3.8, 4) is 5.88 Å². The summed E-state index contributed by atoms with van der Waals surface area (Å²) in [6.07, 6.45) is 3.12. The van der Waals surface area contributed by atoms with Gasteiger partial charge in [-0.05, 0) is 25.8 Å². The van der Waals surface area contributed by atoms with E-state index in [9.17, 15) is 4.79 Å². The lowest BCUT2D eigenvalue weighted by molar-refractivity contribution is 0.0525. The number of nitrogens with zero attached hydrogens (tertiary/aromatic N) is 1. The van der Waals surface area contributed by atoms with E-state index in [1.165, 1.54) is 6.20 Å². The number of esters is 1. The van der Waals surface area contributed by atoms with Crippen LogP contribution in [-0.4, -0.2) is 29.7 Å². The molecule has 0 bridgehead atoms. The second-order valence-electron chi connectivity index (χ2n) is 4.46. The first-order valence-electron chi connectivity index (χ1n) is 6.59. The van der Waals surface area contributed by atoms with Crippen LogP contribution in [0.1, 0.15) is 44.0 Å². The van der Waals surface area contributed by atoms with Crippen molar-refractivity contribution in [1.82, 2.24) is 4.98 Å². The van der Waals surface area contributed by atoms with E-state index < -0.39 is 0 Å². The summed E-state index contributed by atoms with van der Waals surface area (Å²) in [7, 11) is 0. The Balaban J connectivity index is 2.60. The van der Waals surface area contributed by atoms with Crippen LogP contribution < -0.4 is 10.5 Å². The first-order valence-corrected chi connectivity index (χ1v) is 6.59. The van der Waals surface area contributed by atoms with Gasteiger partial charge >= 0.3 is 5.97 Å². The SMILES string of the molecule is CCOC(=O)c1ccc(OCC(N)(CC)CC)nc1. The number of aromatic nitrogens is 1. The predicted molar refractivity (Wildman–Crippen MR) is 73.2 cm³/mol. The molecule has 0 fully saturated rings. The van der Waals surface area contributed by atoms with Gasteiger partial charge in [0.15, 0.2) is 0 Å². The lowest BCUT2D eigenvalue weighted by atomic mass is 9.96. The second-order valence-corrected chi connectivity index (χ2v) is 4.46. The quantitative estimate of drug-likeness (QED) is 0.765. The molecule has 1 rings (SSSR count). The van der Waals surface area contributed by atoms with Crippen LogP contribution in [0, 0.1) is 0 Å². The van der Waals surface area contributed by atoms with Crippen molar-refractivity contribution in [1.29, 1.82) is 0 Å². The standard InChI is InChI=1S/C14H22N2O3/c1-4-14(15,5-2)10-19-12-8-7-11(9-16-12)13(17)18-6-3/h7-9H,4-6,10,15H2,1-3H3. The molecular weight excluding hydrogens is 244 g/mol. The number of ether oxygens (including phenoxy) is 2. The first kappa shape index (κ1) is 15.4. The second kappa shape index (κ2) is 7.09. The Morgan fingerprint density at radius 3 is 2.47 bits per heavy atom. The Morgan fingerprint density at radius 2 is 2.00 bits per heavy atom. The average molecular weight is 266 g/mol. The van der Waals surface area contributed by atoms with Gasteiger partial charge in [0, 0.05) is 17.8 Å². The summed E-state index contributed by atoms with van der Waals surface area (Å²) in [6.45, 7) is 6.58. The zero-order valence-electron chi connectivity index (χ0n) is 11.8. The Hall–Kier alpha value is -1.62. The number of nitrogens with two attached hydrogens (primary N) is 1. The van der Waals surface area contributed by atoms with Crippen molar-refractivity contribution < 1.29 is 14.3 Å². The molecule has 0 aliphatic heterocycles. The van der Waals surface area contributed by atoms with Gasteiger partial charge in [0.2, 0.25) is 5.88 Å². The third kappa shape index (κ3) is 4.52. The number of rotatable bonds is 7. The van der Waals surface area contributed by atoms with Crippen LogP contribution in [-0.2, 0) is 4.74 Å². The molecule has 5 heteroatoms. The Bertz CT molecular complexity index is 400. The summed E-state index contributed by atoms with van der Waals surface area (Å²) < 4.78 is 10.4. The van der Waals surface area contributed by atoms with Crippen molar-refractivity contribution in [2.45, 2.75) is 39.2 Å². The van der Waals surface area contributed by atoms with Gasteiger partial charge in [-0.3, -0.25) is 0 Å². The average Bonchev–Trinajstić information content (AvgIpc) is 2.45. The fraction of sp³-hybridized carbons (Fsp3) is 0.571. The van der Waals surface area contributed by atoms with Crippen LogP contribution >= 0.6 is 0 Å². The lowest BCUT2D eigenvalue weighted by Crippen LogP contribution is -2.44. The molecule has 2 N–H and O–H groups in total. The van der Waals surface area contributed by atoms with Gasteiger partial charge < -0.3 is 15.2 Å². The maximum absolute atomic E-state index is 11.4. The fourth-order valence-electron chi connectivity index (χ4n) is 1.47. The molecule has 0 amide bonds. The minimum Gasteiger partial charge on any atom is -0.476 e. The van der Waals surface area contributed by atoms with Crippen molar-refractivity contribution in [3.05, 3.63) is 23.9 Å². The molecule has 0 aromatic carbocycles. The van der Waals surface area contributed by atoms with Crippen molar-refractivity contribution >= 4 is 5.97 Å². The molecule has 0 radical (unpaired) electrons. The van der Waals surface area contributed by atoms with Crippen LogP contribution in [0.3, 0.4) is 0 Å².